The Morgan fingerprint density at radius 1 is 0.833 bits per heavy atom. The number of halogens is 2. The van der Waals surface area contributed by atoms with Gasteiger partial charge in [0.2, 0.25) is 0 Å². The van der Waals surface area contributed by atoms with Gasteiger partial charge in [-0.15, -0.1) is 0 Å². The highest BCUT2D eigenvalue weighted by Crippen LogP contribution is 2.06. The topological polar surface area (TPSA) is 34.1 Å². The fourth-order valence-electron chi connectivity index (χ4n) is 1.33. The van der Waals surface area contributed by atoms with Gasteiger partial charge in [0.1, 0.15) is 0 Å². The molecule has 0 saturated heterocycles. The van der Waals surface area contributed by atoms with Crippen LogP contribution in [0, 0.1) is 39.1 Å². The molecule has 0 fully saturated rings. The highest BCUT2D eigenvalue weighted by atomic mass is 127. The molecule has 0 aromatic heterocycles. The van der Waals surface area contributed by atoms with Gasteiger partial charge in [0, 0.05) is 45.2 Å². The first-order valence-corrected chi connectivity index (χ1v) is 8.49. The Kier molecular flexibility index (Phi) is 8.66. The molecule has 0 spiro atoms. The summed E-state index contributed by atoms with van der Waals surface area (Å²) in [5.74, 6) is 0. The molecule has 0 unspecified atom stereocenters. The van der Waals surface area contributed by atoms with E-state index in [0.717, 1.165) is 0 Å². The van der Waals surface area contributed by atoms with Crippen molar-refractivity contribution >= 4 is 55.0 Å². The molecule has 0 aliphatic carbocycles. The quantitative estimate of drug-likeness (QED) is 0.414. The van der Waals surface area contributed by atoms with Crippen LogP contribution in [-0.4, -0.2) is 8.42 Å². The number of hydrogen-bond acceptors (Lipinski definition) is 2. The number of sulfone groups is 1. The van der Waals surface area contributed by atoms with Crippen molar-refractivity contribution in [1.82, 2.24) is 0 Å². The molecule has 1 aromatic carbocycles. The van der Waals surface area contributed by atoms with Crippen LogP contribution in [0.4, 0.5) is 0 Å². The van der Waals surface area contributed by atoms with Gasteiger partial charge in [-0.1, -0.05) is 34.9 Å². The van der Waals surface area contributed by atoms with Crippen LogP contribution in [0.25, 0.3) is 0 Å². The van der Waals surface area contributed by atoms with Gasteiger partial charge in [-0.25, -0.2) is 8.42 Å². The molecule has 0 N–H and O–H groups in total. The fraction of sp³-hybridized carbons (Fsp3) is 0.231. The van der Waals surface area contributed by atoms with E-state index >= 15 is 0 Å². The zero-order valence-electron chi connectivity index (χ0n) is 10.2. The van der Waals surface area contributed by atoms with Crippen molar-refractivity contribution in [2.75, 3.05) is 0 Å². The van der Waals surface area contributed by atoms with Gasteiger partial charge >= 0.3 is 0 Å². The van der Waals surface area contributed by atoms with E-state index in [1.165, 1.54) is 16.7 Å². The molecule has 0 aliphatic rings. The van der Waals surface area contributed by atoms with Crippen molar-refractivity contribution in [2.24, 2.45) is 0 Å². The summed E-state index contributed by atoms with van der Waals surface area (Å²) in [5, 5.41) is 3.91. The molecule has 0 heterocycles. The van der Waals surface area contributed by atoms with Crippen molar-refractivity contribution in [2.45, 2.75) is 20.8 Å². The highest BCUT2D eigenvalue weighted by Gasteiger charge is 1.95. The van der Waals surface area contributed by atoms with Crippen LogP contribution in [0.1, 0.15) is 16.7 Å². The van der Waals surface area contributed by atoms with Crippen LogP contribution in [0.5, 0.6) is 0 Å². The first-order valence-electron chi connectivity index (χ1n) is 4.85. The molecule has 0 radical (unpaired) electrons. The molecule has 96 valence electrons. The molecule has 0 amide bonds. The van der Waals surface area contributed by atoms with Crippen LogP contribution < -0.4 is 0 Å². The third kappa shape index (κ3) is 8.78. The van der Waals surface area contributed by atoms with Gasteiger partial charge < -0.3 is 0 Å². The van der Waals surface area contributed by atoms with Gasteiger partial charge in [0.05, 0.1) is 10.5 Å². The summed E-state index contributed by atoms with van der Waals surface area (Å²) in [6.45, 7) is 6.38. The summed E-state index contributed by atoms with van der Waals surface area (Å²) >= 11 is 3.28. The zero-order valence-corrected chi connectivity index (χ0v) is 15.3. The predicted octanol–water partition coefficient (Wildman–Crippen LogP) is 3.72. The van der Waals surface area contributed by atoms with Crippen LogP contribution in [0.15, 0.2) is 18.2 Å². The minimum atomic E-state index is -3.42. The normalized spacial score (nSPS) is 8.94. The van der Waals surface area contributed by atoms with Gasteiger partial charge in [-0.05, 0) is 28.6 Å². The lowest BCUT2D eigenvalue weighted by atomic mass is 10.1. The average molecular weight is 486 g/mol. The highest BCUT2D eigenvalue weighted by molar-refractivity contribution is 14.1. The maximum Gasteiger partial charge on any atom is 0.285 e. The number of rotatable bonds is 0. The first kappa shape index (κ1) is 17.8. The monoisotopic (exact) mass is 486 g/mol. The molecule has 1 rings (SSSR count). The lowest BCUT2D eigenvalue weighted by molar-refractivity contribution is 0.615. The second kappa shape index (κ2) is 8.78. The summed E-state index contributed by atoms with van der Waals surface area (Å²) < 4.78 is 25.4. The Labute approximate surface area is 136 Å². The molecule has 5 heteroatoms. The Hall–Kier alpha value is -0.250. The SMILES string of the molecule is Cc1cc(C)cc(C)c1.O=S(=O)(C#CI)C#CI. The van der Waals surface area contributed by atoms with Gasteiger partial charge in [-0.2, -0.15) is 0 Å². The number of benzene rings is 1. The summed E-state index contributed by atoms with van der Waals surface area (Å²) in [6, 6.07) is 6.56. The summed E-state index contributed by atoms with van der Waals surface area (Å²) in [5.41, 5.74) is 4.06. The summed E-state index contributed by atoms with van der Waals surface area (Å²) in [6.07, 6.45) is 0. The van der Waals surface area contributed by atoms with Crippen LogP contribution in [0.2, 0.25) is 0 Å². The van der Waals surface area contributed by atoms with E-state index in [1.807, 2.05) is 10.5 Å². The molecule has 0 aliphatic heterocycles. The molecule has 1 aromatic rings. The molecule has 0 bridgehead atoms. The Morgan fingerprint density at radius 2 is 1.11 bits per heavy atom. The largest absolute Gasteiger partial charge is 0.285 e. The second-order valence-corrected chi connectivity index (χ2v) is 6.06. The molecular formula is C13H12I2O2S. The minimum Gasteiger partial charge on any atom is -0.202 e. The van der Waals surface area contributed by atoms with E-state index in [-0.39, 0.29) is 0 Å². The summed E-state index contributed by atoms with van der Waals surface area (Å²) in [7, 11) is -3.42. The van der Waals surface area contributed by atoms with E-state index in [0.29, 0.717) is 0 Å². The maximum atomic E-state index is 10.5. The minimum absolute atomic E-state index is 1.35. The van der Waals surface area contributed by atoms with Crippen molar-refractivity contribution in [3.05, 3.63) is 34.9 Å². The van der Waals surface area contributed by atoms with E-state index in [4.69, 9.17) is 0 Å². The van der Waals surface area contributed by atoms with Gasteiger partial charge in [0.25, 0.3) is 9.84 Å². The number of hydrogen-bond donors (Lipinski definition) is 0. The van der Waals surface area contributed by atoms with Crippen molar-refractivity contribution < 1.29 is 8.42 Å². The second-order valence-electron chi connectivity index (χ2n) is 3.56. The van der Waals surface area contributed by atoms with Gasteiger partial charge in [0.15, 0.2) is 0 Å². The first-order chi connectivity index (χ1) is 8.30. The fourth-order valence-corrected chi connectivity index (χ4v) is 3.32. The third-order valence-corrected chi connectivity index (χ3v) is 3.72. The maximum absolute atomic E-state index is 10.5. The van der Waals surface area contributed by atoms with E-state index < -0.39 is 9.84 Å². The Balaban J connectivity index is 0.000000321. The zero-order chi connectivity index (χ0) is 14.2. The molecule has 18 heavy (non-hydrogen) atoms. The third-order valence-electron chi connectivity index (χ3n) is 1.71. The van der Waals surface area contributed by atoms with Crippen LogP contribution >= 0.6 is 45.2 Å². The Morgan fingerprint density at radius 3 is 1.33 bits per heavy atom. The lowest BCUT2D eigenvalue weighted by Crippen LogP contribution is -1.87. The van der Waals surface area contributed by atoms with E-state index in [1.54, 1.807) is 45.2 Å². The molecule has 0 saturated carbocycles. The predicted molar refractivity (Wildman–Crippen MR) is 93.2 cm³/mol. The standard InChI is InChI=1S/C9H12.C4I2O2S/c1-7-4-8(2)6-9(3)5-7;5-1-3-9(7,8)4-2-6/h4-6H,1-3H3;. The molecule has 2 nitrogen and oxygen atoms in total. The average Bonchev–Trinajstić information content (AvgIpc) is 2.15. The smallest absolute Gasteiger partial charge is 0.202 e. The van der Waals surface area contributed by atoms with E-state index in [9.17, 15) is 8.42 Å². The lowest BCUT2D eigenvalue weighted by Gasteiger charge is -1.96. The summed E-state index contributed by atoms with van der Waals surface area (Å²) in [4.78, 5) is 0. The van der Waals surface area contributed by atoms with Crippen molar-refractivity contribution in [3.63, 3.8) is 0 Å². The molecule has 0 atom stereocenters. The van der Waals surface area contributed by atoms with Crippen LogP contribution in [-0.2, 0) is 9.84 Å². The van der Waals surface area contributed by atoms with Crippen LogP contribution in [0.3, 0.4) is 0 Å². The van der Waals surface area contributed by atoms with Gasteiger partial charge in [-0.3, -0.25) is 0 Å². The van der Waals surface area contributed by atoms with Crippen molar-refractivity contribution in [3.8, 4) is 18.4 Å². The Bertz CT molecular complexity index is 550. The molecular weight excluding hydrogens is 474 g/mol. The van der Waals surface area contributed by atoms with E-state index in [2.05, 4.69) is 46.8 Å². The van der Waals surface area contributed by atoms with Crippen molar-refractivity contribution in [1.29, 1.82) is 0 Å². The number of aryl methyl sites for hydroxylation is 3.